The number of para-hydroxylation sites is 1. The van der Waals surface area contributed by atoms with E-state index in [-0.39, 0.29) is 5.91 Å². The minimum absolute atomic E-state index is 0.0550. The number of hydrogen-bond donors (Lipinski definition) is 0. The van der Waals surface area contributed by atoms with Crippen molar-refractivity contribution < 1.29 is 4.79 Å². The molecule has 0 saturated heterocycles. The summed E-state index contributed by atoms with van der Waals surface area (Å²) in [5.41, 5.74) is 5.36. The minimum Gasteiger partial charge on any atom is -0.302 e. The molecule has 0 bridgehead atoms. The van der Waals surface area contributed by atoms with Crippen molar-refractivity contribution >= 4 is 33.8 Å². The van der Waals surface area contributed by atoms with Gasteiger partial charge in [-0.25, -0.2) is 4.99 Å². The third-order valence-electron chi connectivity index (χ3n) is 5.35. The number of aliphatic imine (C=N–C) groups is 1. The van der Waals surface area contributed by atoms with Gasteiger partial charge in [0.1, 0.15) is 5.71 Å². The molecule has 3 heteroatoms. The molecule has 1 heterocycles. The van der Waals surface area contributed by atoms with Crippen LogP contribution in [0.25, 0.3) is 10.8 Å². The van der Waals surface area contributed by atoms with Gasteiger partial charge in [-0.15, -0.1) is 0 Å². The van der Waals surface area contributed by atoms with Crippen molar-refractivity contribution in [1.82, 2.24) is 0 Å². The Morgan fingerprint density at radius 2 is 1.59 bits per heavy atom. The van der Waals surface area contributed by atoms with Crippen LogP contribution in [0.4, 0.5) is 11.4 Å². The lowest BCUT2D eigenvalue weighted by molar-refractivity contribution is -0.112. The summed E-state index contributed by atoms with van der Waals surface area (Å²) in [4.78, 5) is 19.9. The molecule has 0 saturated carbocycles. The average Bonchev–Trinajstić information content (AvgIpc) is 3.00. The first kappa shape index (κ1) is 17.4. The molecule has 4 aromatic carbocycles. The van der Waals surface area contributed by atoms with Crippen LogP contribution in [0.2, 0.25) is 0 Å². The molecule has 0 aliphatic carbocycles. The fourth-order valence-corrected chi connectivity index (χ4v) is 3.95. The first-order valence-electron chi connectivity index (χ1n) is 9.74. The van der Waals surface area contributed by atoms with Gasteiger partial charge in [-0.2, -0.15) is 0 Å². The van der Waals surface area contributed by atoms with Crippen molar-refractivity contribution in [3.63, 3.8) is 0 Å². The Morgan fingerprint density at radius 1 is 0.828 bits per heavy atom. The first-order valence-corrected chi connectivity index (χ1v) is 9.74. The molecule has 5 rings (SSSR count). The maximum atomic E-state index is 13.4. The molecule has 0 N–H and O–H groups in total. The minimum atomic E-state index is -0.0550. The molecule has 0 aromatic heterocycles. The van der Waals surface area contributed by atoms with Crippen LogP contribution >= 0.6 is 0 Å². The molecule has 0 spiro atoms. The van der Waals surface area contributed by atoms with E-state index in [2.05, 4.69) is 24.3 Å². The summed E-state index contributed by atoms with van der Waals surface area (Å²) < 4.78 is 0. The van der Waals surface area contributed by atoms with E-state index < -0.39 is 0 Å². The third-order valence-corrected chi connectivity index (χ3v) is 5.35. The van der Waals surface area contributed by atoms with Gasteiger partial charge < -0.3 is 4.90 Å². The largest absolute Gasteiger partial charge is 0.302 e. The van der Waals surface area contributed by atoms with Gasteiger partial charge in [-0.3, -0.25) is 4.79 Å². The molecular weight excluding hydrogens is 356 g/mol. The normalized spacial score (nSPS) is 14.6. The molecule has 4 aromatic rings. The van der Waals surface area contributed by atoms with E-state index in [4.69, 9.17) is 4.99 Å². The quantitative estimate of drug-likeness (QED) is 0.444. The second-order valence-electron chi connectivity index (χ2n) is 7.35. The molecule has 0 unspecified atom stereocenters. The van der Waals surface area contributed by atoms with E-state index in [1.165, 1.54) is 10.8 Å². The summed E-state index contributed by atoms with van der Waals surface area (Å²) >= 11 is 0. The Balaban J connectivity index is 1.59. The predicted molar refractivity (Wildman–Crippen MR) is 119 cm³/mol. The van der Waals surface area contributed by atoms with Crippen molar-refractivity contribution in [3.8, 4) is 0 Å². The Morgan fingerprint density at radius 3 is 2.48 bits per heavy atom. The number of amides is 1. The molecule has 1 aliphatic rings. The number of carbonyl (C=O) groups excluding carboxylic acids is 1. The highest BCUT2D eigenvalue weighted by molar-refractivity contribution is 6.54. The van der Waals surface area contributed by atoms with E-state index in [1.54, 1.807) is 0 Å². The second kappa shape index (κ2) is 7.02. The number of rotatable bonds is 3. The van der Waals surface area contributed by atoms with Gasteiger partial charge in [0.15, 0.2) is 0 Å². The van der Waals surface area contributed by atoms with E-state index in [1.807, 2.05) is 78.6 Å². The van der Waals surface area contributed by atoms with Gasteiger partial charge in [-0.05, 0) is 47.0 Å². The molecule has 0 fully saturated rings. The number of hydrogen-bond acceptors (Lipinski definition) is 2. The van der Waals surface area contributed by atoms with Crippen LogP contribution in [0.15, 0.2) is 96.0 Å². The fourth-order valence-electron chi connectivity index (χ4n) is 3.95. The van der Waals surface area contributed by atoms with Crippen molar-refractivity contribution in [3.05, 3.63) is 108 Å². The van der Waals surface area contributed by atoms with Crippen LogP contribution in [-0.2, 0) is 11.3 Å². The summed E-state index contributed by atoms with van der Waals surface area (Å²) in [6.07, 6.45) is 0. The SMILES string of the molecule is Cc1cccc(N=C2C(=O)N(Cc3cccc4ccccc34)c3ccccc32)c1. The highest BCUT2D eigenvalue weighted by atomic mass is 16.2. The van der Waals surface area contributed by atoms with Crippen LogP contribution < -0.4 is 4.90 Å². The molecular formula is C26H20N2O. The van der Waals surface area contributed by atoms with E-state index >= 15 is 0 Å². The number of fused-ring (bicyclic) bond motifs is 2. The van der Waals surface area contributed by atoms with Crippen LogP contribution in [0, 0.1) is 6.92 Å². The molecule has 0 radical (unpaired) electrons. The van der Waals surface area contributed by atoms with Gasteiger partial charge in [0.05, 0.1) is 17.9 Å². The maximum Gasteiger partial charge on any atom is 0.277 e. The van der Waals surface area contributed by atoms with Gasteiger partial charge in [0.25, 0.3) is 5.91 Å². The number of aryl methyl sites for hydroxylation is 1. The van der Waals surface area contributed by atoms with Gasteiger partial charge in [0.2, 0.25) is 0 Å². The lowest BCUT2D eigenvalue weighted by atomic mass is 10.0. The molecule has 29 heavy (non-hydrogen) atoms. The Hall–Kier alpha value is -3.72. The third kappa shape index (κ3) is 3.11. The van der Waals surface area contributed by atoms with Crippen LogP contribution in [0.1, 0.15) is 16.7 Å². The van der Waals surface area contributed by atoms with Crippen molar-refractivity contribution in [1.29, 1.82) is 0 Å². The Bertz CT molecular complexity index is 1270. The second-order valence-corrected chi connectivity index (χ2v) is 7.35. The van der Waals surface area contributed by atoms with E-state index in [9.17, 15) is 4.79 Å². The van der Waals surface area contributed by atoms with Gasteiger partial charge >= 0.3 is 0 Å². The average molecular weight is 376 g/mol. The number of anilines is 1. The lowest BCUT2D eigenvalue weighted by Crippen LogP contribution is -2.29. The van der Waals surface area contributed by atoms with Crippen LogP contribution in [-0.4, -0.2) is 11.6 Å². The summed E-state index contributed by atoms with van der Waals surface area (Å²) in [5, 5.41) is 2.35. The summed E-state index contributed by atoms with van der Waals surface area (Å²) in [6.45, 7) is 2.55. The highest BCUT2D eigenvalue weighted by Gasteiger charge is 2.33. The number of nitrogens with zero attached hydrogens (tertiary/aromatic N) is 2. The smallest absolute Gasteiger partial charge is 0.277 e. The number of carbonyl (C=O) groups is 1. The van der Waals surface area contributed by atoms with Crippen LogP contribution in [0.5, 0.6) is 0 Å². The van der Waals surface area contributed by atoms with E-state index in [0.717, 1.165) is 28.1 Å². The zero-order valence-corrected chi connectivity index (χ0v) is 16.2. The van der Waals surface area contributed by atoms with Gasteiger partial charge in [-0.1, -0.05) is 72.8 Å². The summed E-state index contributed by atoms with van der Waals surface area (Å²) in [7, 11) is 0. The maximum absolute atomic E-state index is 13.4. The molecule has 3 nitrogen and oxygen atoms in total. The summed E-state index contributed by atoms with van der Waals surface area (Å²) in [6, 6.07) is 30.4. The Labute approximate surface area is 169 Å². The summed E-state index contributed by atoms with van der Waals surface area (Å²) in [5.74, 6) is -0.0550. The molecule has 1 aliphatic heterocycles. The Kier molecular flexibility index (Phi) is 4.21. The van der Waals surface area contributed by atoms with Gasteiger partial charge in [0, 0.05) is 5.56 Å². The first-order chi connectivity index (χ1) is 14.2. The topological polar surface area (TPSA) is 32.7 Å². The molecule has 140 valence electrons. The van der Waals surface area contributed by atoms with E-state index in [0.29, 0.717) is 12.3 Å². The zero-order chi connectivity index (χ0) is 19.8. The molecule has 0 atom stereocenters. The predicted octanol–water partition coefficient (Wildman–Crippen LogP) is 5.82. The van der Waals surface area contributed by atoms with Crippen LogP contribution in [0.3, 0.4) is 0 Å². The zero-order valence-electron chi connectivity index (χ0n) is 16.2. The fraction of sp³-hybridized carbons (Fsp3) is 0.0769. The monoisotopic (exact) mass is 376 g/mol. The van der Waals surface area contributed by atoms with Crippen molar-refractivity contribution in [2.24, 2.45) is 4.99 Å². The van der Waals surface area contributed by atoms with Crippen molar-refractivity contribution in [2.45, 2.75) is 13.5 Å². The number of benzene rings is 4. The van der Waals surface area contributed by atoms with Crippen molar-refractivity contribution in [2.75, 3.05) is 4.90 Å². The molecule has 1 amide bonds. The lowest BCUT2D eigenvalue weighted by Gasteiger charge is -2.18. The highest BCUT2D eigenvalue weighted by Crippen LogP contribution is 2.33. The standard InChI is InChI=1S/C26H20N2O/c1-18-8-6-12-21(16-18)27-25-23-14-4-5-15-24(23)28(26(25)29)17-20-11-7-10-19-9-2-3-13-22(19)20/h2-16H,17H2,1H3.